The Morgan fingerprint density at radius 3 is 2.50 bits per heavy atom. The molecule has 0 aliphatic carbocycles. The van der Waals surface area contributed by atoms with E-state index in [2.05, 4.69) is 5.10 Å². The van der Waals surface area contributed by atoms with Gasteiger partial charge in [0, 0.05) is 37.4 Å². The first kappa shape index (κ1) is 20.9. The number of hydrogen-bond donors (Lipinski definition) is 0. The highest BCUT2D eigenvalue weighted by Gasteiger charge is 2.31. The van der Waals surface area contributed by atoms with E-state index < -0.39 is 10.0 Å². The molecule has 30 heavy (non-hydrogen) atoms. The molecule has 0 N–H and O–H groups in total. The Hall–Kier alpha value is -2.40. The summed E-state index contributed by atoms with van der Waals surface area (Å²) >= 11 is 7.04. The van der Waals surface area contributed by atoms with E-state index in [1.54, 1.807) is 58.9 Å². The van der Waals surface area contributed by atoms with E-state index in [-0.39, 0.29) is 25.7 Å². The SMILES string of the molecule is O=C(c1ccn(COc2ccc(Cl)cc2)n1)N1CCN(S(=O)(=O)c2cccs2)CC1. The number of piperazine rings is 1. The van der Waals surface area contributed by atoms with Crippen molar-refractivity contribution in [2.75, 3.05) is 26.2 Å². The minimum absolute atomic E-state index is 0.155. The summed E-state index contributed by atoms with van der Waals surface area (Å²) in [5, 5.41) is 6.63. The molecule has 3 aromatic rings. The zero-order valence-electron chi connectivity index (χ0n) is 15.8. The van der Waals surface area contributed by atoms with Gasteiger partial charge in [-0.25, -0.2) is 13.1 Å². The second kappa shape index (κ2) is 8.76. The summed E-state index contributed by atoms with van der Waals surface area (Å²) in [6.45, 7) is 1.30. The van der Waals surface area contributed by atoms with Gasteiger partial charge in [-0.1, -0.05) is 17.7 Å². The van der Waals surface area contributed by atoms with E-state index in [0.29, 0.717) is 33.8 Å². The molecule has 1 saturated heterocycles. The number of ether oxygens (including phenoxy) is 1. The van der Waals surface area contributed by atoms with Gasteiger partial charge >= 0.3 is 0 Å². The molecule has 0 spiro atoms. The third kappa shape index (κ3) is 4.51. The molecule has 8 nitrogen and oxygen atoms in total. The van der Waals surface area contributed by atoms with Crippen LogP contribution in [-0.4, -0.2) is 59.5 Å². The van der Waals surface area contributed by atoms with Gasteiger partial charge in [-0.3, -0.25) is 4.79 Å². The zero-order chi connectivity index (χ0) is 21.1. The fraction of sp³-hybridized carbons (Fsp3) is 0.263. The van der Waals surface area contributed by atoms with Gasteiger partial charge in [-0.15, -0.1) is 11.3 Å². The molecule has 3 heterocycles. The second-order valence-electron chi connectivity index (χ2n) is 6.60. The minimum atomic E-state index is -3.50. The molecular weight excluding hydrogens is 448 g/mol. The first-order valence-electron chi connectivity index (χ1n) is 9.18. The smallest absolute Gasteiger partial charge is 0.274 e. The number of carbonyl (C=O) groups excluding carboxylic acids is 1. The average molecular weight is 467 g/mol. The second-order valence-corrected chi connectivity index (χ2v) is 10.1. The Morgan fingerprint density at radius 1 is 1.10 bits per heavy atom. The maximum atomic E-state index is 12.7. The zero-order valence-corrected chi connectivity index (χ0v) is 18.2. The van der Waals surface area contributed by atoms with Crippen LogP contribution in [0.3, 0.4) is 0 Å². The molecule has 11 heteroatoms. The monoisotopic (exact) mass is 466 g/mol. The van der Waals surface area contributed by atoms with E-state index >= 15 is 0 Å². The number of benzene rings is 1. The molecule has 1 fully saturated rings. The van der Waals surface area contributed by atoms with Gasteiger partial charge in [-0.2, -0.15) is 9.40 Å². The number of carbonyl (C=O) groups is 1. The Bertz CT molecular complexity index is 1110. The van der Waals surface area contributed by atoms with Crippen molar-refractivity contribution < 1.29 is 17.9 Å². The van der Waals surface area contributed by atoms with Crippen LogP contribution in [0.2, 0.25) is 5.02 Å². The van der Waals surface area contributed by atoms with Gasteiger partial charge in [-0.05, 0) is 41.8 Å². The molecule has 2 aromatic heterocycles. The van der Waals surface area contributed by atoms with E-state index in [0.717, 1.165) is 0 Å². The van der Waals surface area contributed by atoms with Crippen molar-refractivity contribution >= 4 is 38.9 Å². The van der Waals surface area contributed by atoms with Crippen molar-refractivity contribution in [3.05, 3.63) is 64.8 Å². The highest BCUT2D eigenvalue weighted by molar-refractivity contribution is 7.91. The predicted octanol–water partition coefficient (Wildman–Crippen LogP) is 2.78. The maximum Gasteiger partial charge on any atom is 0.274 e. The van der Waals surface area contributed by atoms with Crippen LogP contribution < -0.4 is 4.74 Å². The van der Waals surface area contributed by atoms with Crippen LogP contribution >= 0.6 is 22.9 Å². The van der Waals surface area contributed by atoms with Gasteiger partial charge in [0.1, 0.15) is 9.96 Å². The van der Waals surface area contributed by atoms with Crippen LogP contribution in [0.1, 0.15) is 10.5 Å². The quantitative estimate of drug-likeness (QED) is 0.557. The Kier molecular flexibility index (Phi) is 6.09. The van der Waals surface area contributed by atoms with Gasteiger partial charge in [0.2, 0.25) is 0 Å². The van der Waals surface area contributed by atoms with E-state index in [4.69, 9.17) is 16.3 Å². The van der Waals surface area contributed by atoms with Gasteiger partial charge in [0.25, 0.3) is 15.9 Å². The summed E-state index contributed by atoms with van der Waals surface area (Å²) in [4.78, 5) is 14.4. The molecule has 158 valence electrons. The molecule has 0 saturated carbocycles. The van der Waals surface area contributed by atoms with Crippen LogP contribution in [0.15, 0.2) is 58.3 Å². The number of sulfonamides is 1. The Morgan fingerprint density at radius 2 is 1.83 bits per heavy atom. The van der Waals surface area contributed by atoms with E-state index in [9.17, 15) is 13.2 Å². The molecule has 1 aliphatic rings. The molecular formula is C19H19ClN4O4S2. The number of hydrogen-bond acceptors (Lipinski definition) is 6. The van der Waals surface area contributed by atoms with Gasteiger partial charge < -0.3 is 9.64 Å². The highest BCUT2D eigenvalue weighted by atomic mass is 35.5. The third-order valence-corrected chi connectivity index (χ3v) is 8.18. The van der Waals surface area contributed by atoms with Crippen molar-refractivity contribution in [1.82, 2.24) is 19.0 Å². The Labute approximate surface area is 183 Å². The number of rotatable bonds is 6. The molecule has 1 aromatic carbocycles. The van der Waals surface area contributed by atoms with Crippen LogP contribution in [0.25, 0.3) is 0 Å². The van der Waals surface area contributed by atoms with Gasteiger partial charge in [0.05, 0.1) is 0 Å². The standard InChI is InChI=1S/C19H19ClN4O4S2/c20-15-3-5-16(6-4-15)28-14-23-8-7-17(21-23)19(25)22-9-11-24(12-10-22)30(26,27)18-2-1-13-29-18/h1-8,13H,9-12,14H2. The predicted molar refractivity (Wildman–Crippen MR) is 113 cm³/mol. The van der Waals surface area contributed by atoms with Crippen LogP contribution in [-0.2, 0) is 16.8 Å². The van der Waals surface area contributed by atoms with Crippen LogP contribution in [0.5, 0.6) is 5.75 Å². The number of thiophene rings is 1. The molecule has 0 atom stereocenters. The number of nitrogens with zero attached hydrogens (tertiary/aromatic N) is 4. The summed E-state index contributed by atoms with van der Waals surface area (Å²) in [5.74, 6) is 0.416. The average Bonchev–Trinajstić information content (AvgIpc) is 3.46. The highest BCUT2D eigenvalue weighted by Crippen LogP contribution is 2.22. The lowest BCUT2D eigenvalue weighted by Gasteiger charge is -2.33. The fourth-order valence-corrected chi connectivity index (χ4v) is 5.74. The molecule has 1 amide bonds. The summed E-state index contributed by atoms with van der Waals surface area (Å²) in [7, 11) is -3.50. The van der Waals surface area contributed by atoms with Gasteiger partial charge in [0.15, 0.2) is 12.4 Å². The van der Waals surface area contributed by atoms with Crippen molar-refractivity contribution in [2.45, 2.75) is 10.9 Å². The van der Waals surface area contributed by atoms with Crippen molar-refractivity contribution in [2.24, 2.45) is 0 Å². The summed E-state index contributed by atoms with van der Waals surface area (Å²) in [6, 6.07) is 11.9. The lowest BCUT2D eigenvalue weighted by atomic mass is 10.3. The van der Waals surface area contributed by atoms with Crippen molar-refractivity contribution in [3.8, 4) is 5.75 Å². The lowest BCUT2D eigenvalue weighted by Crippen LogP contribution is -2.50. The fourth-order valence-electron chi connectivity index (χ4n) is 3.05. The summed E-state index contributed by atoms with van der Waals surface area (Å²) in [5.41, 5.74) is 0.296. The van der Waals surface area contributed by atoms with E-state index in [1.807, 2.05) is 0 Å². The number of halogens is 1. The van der Waals surface area contributed by atoms with E-state index in [1.165, 1.54) is 20.3 Å². The summed E-state index contributed by atoms with van der Waals surface area (Å²) < 4.78 is 34.1. The molecule has 0 radical (unpaired) electrons. The lowest BCUT2D eigenvalue weighted by molar-refractivity contribution is 0.0690. The topological polar surface area (TPSA) is 84.7 Å². The maximum absolute atomic E-state index is 12.7. The van der Waals surface area contributed by atoms with Crippen molar-refractivity contribution in [3.63, 3.8) is 0 Å². The summed E-state index contributed by atoms with van der Waals surface area (Å²) in [6.07, 6.45) is 1.67. The number of aromatic nitrogens is 2. The van der Waals surface area contributed by atoms with Crippen LogP contribution in [0, 0.1) is 0 Å². The molecule has 0 bridgehead atoms. The third-order valence-electron chi connectivity index (χ3n) is 4.65. The first-order chi connectivity index (χ1) is 14.4. The normalized spacial score (nSPS) is 15.3. The molecule has 0 unspecified atom stereocenters. The van der Waals surface area contributed by atoms with Crippen molar-refractivity contribution in [1.29, 1.82) is 0 Å². The Balaban J connectivity index is 1.33. The molecule has 4 rings (SSSR count). The first-order valence-corrected chi connectivity index (χ1v) is 11.9. The number of amides is 1. The van der Waals surface area contributed by atoms with Crippen LogP contribution in [0.4, 0.5) is 0 Å². The largest absolute Gasteiger partial charge is 0.471 e. The minimum Gasteiger partial charge on any atom is -0.471 e. The molecule has 1 aliphatic heterocycles.